The summed E-state index contributed by atoms with van der Waals surface area (Å²) in [5, 5.41) is 0. The van der Waals surface area contributed by atoms with Gasteiger partial charge in [0.1, 0.15) is 0 Å². The number of rotatable bonds is 2. The van der Waals surface area contributed by atoms with Crippen molar-refractivity contribution in [2.45, 2.75) is 6.18 Å². The second kappa shape index (κ2) is 4.40. The lowest BCUT2D eigenvalue weighted by Crippen LogP contribution is -2.15. The van der Waals surface area contributed by atoms with E-state index in [0.717, 1.165) is 19.2 Å². The lowest BCUT2D eigenvalue weighted by atomic mass is 10.1. The van der Waals surface area contributed by atoms with Crippen molar-refractivity contribution in [3.63, 3.8) is 0 Å². The van der Waals surface area contributed by atoms with E-state index >= 15 is 0 Å². The molecule has 0 bridgehead atoms. The van der Waals surface area contributed by atoms with Crippen LogP contribution in [0.4, 0.5) is 18.9 Å². The van der Waals surface area contributed by atoms with Crippen LogP contribution in [-0.4, -0.2) is 13.1 Å². The predicted octanol–water partition coefficient (Wildman–Crippen LogP) is 1.78. The van der Waals surface area contributed by atoms with E-state index in [1.165, 1.54) is 0 Å². The molecule has 0 fully saturated rings. The number of methoxy groups -OCH3 is 1. The summed E-state index contributed by atoms with van der Waals surface area (Å²) in [6, 6.07) is 2.57. The summed E-state index contributed by atoms with van der Waals surface area (Å²) in [6.45, 7) is 0. The second-order valence-corrected chi connectivity index (χ2v) is 2.89. The third kappa shape index (κ3) is 2.43. The van der Waals surface area contributed by atoms with Gasteiger partial charge in [0.05, 0.1) is 23.9 Å². The molecule has 0 atom stereocenters. The van der Waals surface area contributed by atoms with Gasteiger partial charge in [-0.15, -0.1) is 0 Å². The maximum Gasteiger partial charge on any atom is 0.416 e. The van der Waals surface area contributed by atoms with Crippen LogP contribution in [0.3, 0.4) is 0 Å². The Morgan fingerprint density at radius 2 is 2.06 bits per heavy atom. The third-order valence-electron chi connectivity index (χ3n) is 1.91. The smallest absolute Gasteiger partial charge is 0.416 e. The Morgan fingerprint density at radius 1 is 1.44 bits per heavy atom. The molecule has 1 aromatic rings. The zero-order chi connectivity index (χ0) is 12.3. The van der Waals surface area contributed by atoms with Gasteiger partial charge in [0, 0.05) is 0 Å². The summed E-state index contributed by atoms with van der Waals surface area (Å²) in [4.78, 5) is 11.2. The first-order valence-corrected chi connectivity index (χ1v) is 4.16. The fourth-order valence-corrected chi connectivity index (χ4v) is 1.13. The molecular weight excluding hydrogens is 225 g/mol. The minimum Gasteiger partial charge on any atom is -0.465 e. The van der Waals surface area contributed by atoms with Crippen molar-refractivity contribution in [1.29, 1.82) is 0 Å². The Hall–Kier alpha value is -1.76. The molecule has 0 saturated carbocycles. The summed E-state index contributed by atoms with van der Waals surface area (Å²) < 4.78 is 41.4. The summed E-state index contributed by atoms with van der Waals surface area (Å²) >= 11 is 0. The van der Waals surface area contributed by atoms with Crippen molar-refractivity contribution in [3.05, 3.63) is 29.3 Å². The van der Waals surface area contributed by atoms with Crippen molar-refractivity contribution in [2.75, 3.05) is 12.5 Å². The highest BCUT2D eigenvalue weighted by atomic mass is 19.4. The van der Waals surface area contributed by atoms with Crippen molar-refractivity contribution in [2.24, 2.45) is 5.84 Å². The van der Waals surface area contributed by atoms with Crippen molar-refractivity contribution in [1.82, 2.24) is 0 Å². The lowest BCUT2D eigenvalue weighted by Gasteiger charge is -2.11. The molecular formula is C9H9F3N2O2. The number of anilines is 1. The van der Waals surface area contributed by atoms with E-state index in [9.17, 15) is 18.0 Å². The van der Waals surface area contributed by atoms with E-state index in [0.29, 0.717) is 6.07 Å². The lowest BCUT2D eigenvalue weighted by molar-refractivity contribution is -0.137. The molecule has 0 saturated heterocycles. The Labute approximate surface area is 89.2 Å². The first-order valence-electron chi connectivity index (χ1n) is 4.16. The third-order valence-corrected chi connectivity index (χ3v) is 1.91. The molecule has 0 amide bonds. The molecule has 0 spiro atoms. The minimum absolute atomic E-state index is 0.0693. The molecule has 1 aromatic carbocycles. The standard InChI is InChI=1S/C9H9F3N2O2/c1-16-8(15)6-4-5(9(10,11)12)2-3-7(6)14-13/h2-4,14H,13H2,1H3. The molecule has 3 N–H and O–H groups in total. The normalized spacial score (nSPS) is 11.1. The fraction of sp³-hybridized carbons (Fsp3) is 0.222. The number of nitrogens with two attached hydrogens (primary N) is 1. The van der Waals surface area contributed by atoms with Crippen LogP contribution in [0.2, 0.25) is 0 Å². The van der Waals surface area contributed by atoms with Gasteiger partial charge in [0.25, 0.3) is 0 Å². The fourth-order valence-electron chi connectivity index (χ4n) is 1.13. The van der Waals surface area contributed by atoms with E-state index in [-0.39, 0.29) is 11.3 Å². The molecule has 0 unspecified atom stereocenters. The van der Waals surface area contributed by atoms with Crippen LogP contribution in [0.5, 0.6) is 0 Å². The SMILES string of the molecule is COC(=O)c1cc(C(F)(F)F)ccc1NN. The van der Waals surface area contributed by atoms with Gasteiger partial charge in [-0.3, -0.25) is 5.84 Å². The van der Waals surface area contributed by atoms with Crippen LogP contribution in [0.25, 0.3) is 0 Å². The number of halogens is 3. The molecule has 0 aliphatic carbocycles. The van der Waals surface area contributed by atoms with Gasteiger partial charge >= 0.3 is 12.1 Å². The van der Waals surface area contributed by atoms with Crippen LogP contribution in [0.15, 0.2) is 18.2 Å². The Kier molecular flexibility index (Phi) is 3.38. The van der Waals surface area contributed by atoms with E-state index in [1.54, 1.807) is 0 Å². The highest BCUT2D eigenvalue weighted by Crippen LogP contribution is 2.31. The number of carbonyl (C=O) groups is 1. The van der Waals surface area contributed by atoms with Crippen LogP contribution in [-0.2, 0) is 10.9 Å². The number of hydrazine groups is 1. The Bertz CT molecular complexity index is 404. The highest BCUT2D eigenvalue weighted by Gasteiger charge is 2.31. The number of esters is 1. The van der Waals surface area contributed by atoms with Gasteiger partial charge < -0.3 is 10.2 Å². The summed E-state index contributed by atoms with van der Waals surface area (Å²) in [6.07, 6.45) is -4.52. The largest absolute Gasteiger partial charge is 0.465 e. The molecule has 1 rings (SSSR count). The monoisotopic (exact) mass is 234 g/mol. The van der Waals surface area contributed by atoms with Crippen molar-refractivity contribution < 1.29 is 22.7 Å². The van der Waals surface area contributed by atoms with Crippen LogP contribution in [0, 0.1) is 0 Å². The first kappa shape index (κ1) is 12.3. The van der Waals surface area contributed by atoms with Gasteiger partial charge in [0.2, 0.25) is 0 Å². The number of alkyl halides is 3. The molecule has 0 aliphatic heterocycles. The molecule has 88 valence electrons. The van der Waals surface area contributed by atoms with Crippen LogP contribution >= 0.6 is 0 Å². The first-order chi connectivity index (χ1) is 7.40. The zero-order valence-corrected chi connectivity index (χ0v) is 8.26. The number of hydrogen-bond acceptors (Lipinski definition) is 4. The zero-order valence-electron chi connectivity index (χ0n) is 8.26. The number of nitrogens with one attached hydrogen (secondary N) is 1. The van der Waals surface area contributed by atoms with Gasteiger partial charge in [0.15, 0.2) is 0 Å². The quantitative estimate of drug-likeness (QED) is 0.465. The van der Waals surface area contributed by atoms with E-state index in [1.807, 2.05) is 0 Å². The van der Waals surface area contributed by atoms with E-state index in [2.05, 4.69) is 10.2 Å². The molecule has 0 aromatic heterocycles. The van der Waals surface area contributed by atoms with Crippen LogP contribution < -0.4 is 11.3 Å². The number of benzene rings is 1. The number of carbonyl (C=O) groups excluding carboxylic acids is 1. The average Bonchev–Trinajstić information content (AvgIpc) is 2.25. The van der Waals surface area contributed by atoms with E-state index in [4.69, 9.17) is 5.84 Å². The average molecular weight is 234 g/mol. The van der Waals surface area contributed by atoms with Gasteiger partial charge in [-0.2, -0.15) is 13.2 Å². The maximum absolute atomic E-state index is 12.4. The molecule has 0 heterocycles. The molecule has 16 heavy (non-hydrogen) atoms. The molecule has 0 aliphatic rings. The van der Waals surface area contributed by atoms with Crippen molar-refractivity contribution in [3.8, 4) is 0 Å². The highest BCUT2D eigenvalue weighted by molar-refractivity contribution is 5.95. The Morgan fingerprint density at radius 3 is 2.50 bits per heavy atom. The molecule has 0 radical (unpaired) electrons. The van der Waals surface area contributed by atoms with Gasteiger partial charge in [-0.1, -0.05) is 0 Å². The minimum atomic E-state index is -4.52. The van der Waals surface area contributed by atoms with Gasteiger partial charge in [-0.25, -0.2) is 4.79 Å². The maximum atomic E-state index is 12.4. The van der Waals surface area contributed by atoms with Crippen molar-refractivity contribution >= 4 is 11.7 Å². The summed E-state index contributed by atoms with van der Waals surface area (Å²) in [5.74, 6) is 4.17. The predicted molar refractivity (Wildman–Crippen MR) is 50.6 cm³/mol. The molecule has 7 heteroatoms. The second-order valence-electron chi connectivity index (χ2n) is 2.89. The topological polar surface area (TPSA) is 64.3 Å². The van der Waals surface area contributed by atoms with Crippen LogP contribution in [0.1, 0.15) is 15.9 Å². The Balaban J connectivity index is 3.27. The number of hydrogen-bond donors (Lipinski definition) is 2. The summed E-state index contributed by atoms with van der Waals surface area (Å²) in [7, 11) is 1.07. The summed E-state index contributed by atoms with van der Waals surface area (Å²) in [5.41, 5.74) is 0.988. The number of nitrogen functional groups attached to an aromatic ring is 1. The van der Waals surface area contributed by atoms with Gasteiger partial charge in [-0.05, 0) is 18.2 Å². The number of ether oxygens (including phenoxy) is 1. The molecule has 4 nitrogen and oxygen atoms in total. The van der Waals surface area contributed by atoms with E-state index < -0.39 is 17.7 Å².